The maximum Gasteiger partial charge on any atom is 0.321 e. The van der Waals surface area contributed by atoms with Crippen LogP contribution in [0.25, 0.3) is 0 Å². The van der Waals surface area contributed by atoms with Gasteiger partial charge in [-0.3, -0.25) is 14.4 Å². The highest BCUT2D eigenvalue weighted by Gasteiger charge is 2.49. The minimum Gasteiger partial charge on any atom is -0.480 e. The highest BCUT2D eigenvalue weighted by atomic mass is 16.5. The maximum atomic E-state index is 11.3. The molecular formula is C11H18O6. The fourth-order valence-electron chi connectivity index (χ4n) is 1.64. The molecule has 0 rings (SSSR count). The van der Waals surface area contributed by atoms with Crippen LogP contribution in [-0.2, 0) is 19.1 Å². The van der Waals surface area contributed by atoms with E-state index in [9.17, 15) is 14.4 Å². The Bertz CT molecular complexity index is 293. The molecule has 0 atom stereocenters. The third-order valence-electron chi connectivity index (χ3n) is 2.33. The summed E-state index contributed by atoms with van der Waals surface area (Å²) in [6.45, 7) is 5.07. The van der Waals surface area contributed by atoms with E-state index in [2.05, 4.69) is 4.74 Å². The lowest BCUT2D eigenvalue weighted by Gasteiger charge is -2.25. The van der Waals surface area contributed by atoms with Gasteiger partial charge in [0.2, 0.25) is 0 Å². The van der Waals surface area contributed by atoms with E-state index in [1.54, 1.807) is 20.8 Å². The largest absolute Gasteiger partial charge is 0.480 e. The smallest absolute Gasteiger partial charge is 0.321 e. The normalized spacial score (nSPS) is 11.3. The summed E-state index contributed by atoms with van der Waals surface area (Å²) in [6, 6.07) is 0. The zero-order chi connectivity index (χ0) is 13.6. The molecule has 0 heterocycles. The molecule has 0 amide bonds. The molecule has 0 aliphatic rings. The lowest BCUT2D eigenvalue weighted by Crippen LogP contribution is -2.42. The number of rotatable bonds is 7. The highest BCUT2D eigenvalue weighted by molar-refractivity contribution is 6.01. The van der Waals surface area contributed by atoms with Crippen molar-refractivity contribution in [2.24, 2.45) is 11.3 Å². The Kier molecular flexibility index (Phi) is 5.64. The van der Waals surface area contributed by atoms with Gasteiger partial charge in [0, 0.05) is 0 Å². The van der Waals surface area contributed by atoms with Crippen molar-refractivity contribution in [3.8, 4) is 0 Å². The van der Waals surface area contributed by atoms with E-state index in [0.717, 1.165) is 0 Å². The fourth-order valence-corrected chi connectivity index (χ4v) is 1.64. The van der Waals surface area contributed by atoms with E-state index in [1.807, 2.05) is 0 Å². The molecule has 17 heavy (non-hydrogen) atoms. The first-order chi connectivity index (χ1) is 7.76. The first-order valence-electron chi connectivity index (χ1n) is 5.38. The molecule has 0 aliphatic carbocycles. The van der Waals surface area contributed by atoms with Crippen LogP contribution in [0.1, 0.15) is 33.6 Å². The van der Waals surface area contributed by atoms with Crippen LogP contribution in [0.3, 0.4) is 0 Å². The summed E-state index contributed by atoms with van der Waals surface area (Å²) >= 11 is 0. The van der Waals surface area contributed by atoms with Gasteiger partial charge in [-0.1, -0.05) is 13.8 Å². The summed E-state index contributed by atoms with van der Waals surface area (Å²) in [7, 11) is 0. The van der Waals surface area contributed by atoms with Crippen LogP contribution in [-0.4, -0.2) is 34.7 Å². The van der Waals surface area contributed by atoms with Crippen molar-refractivity contribution in [1.82, 2.24) is 0 Å². The Labute approximate surface area is 99.6 Å². The Hall–Kier alpha value is -1.59. The van der Waals surface area contributed by atoms with Crippen molar-refractivity contribution < 1.29 is 29.3 Å². The Morgan fingerprint density at radius 3 is 1.94 bits per heavy atom. The number of esters is 1. The first-order valence-corrected chi connectivity index (χ1v) is 5.38. The van der Waals surface area contributed by atoms with Crippen LogP contribution in [0, 0.1) is 11.3 Å². The summed E-state index contributed by atoms with van der Waals surface area (Å²) in [5.41, 5.74) is -2.10. The van der Waals surface area contributed by atoms with Crippen molar-refractivity contribution >= 4 is 17.9 Å². The number of ether oxygens (including phenoxy) is 1. The number of hydrogen-bond acceptors (Lipinski definition) is 4. The molecule has 6 heteroatoms. The average molecular weight is 246 g/mol. The monoisotopic (exact) mass is 246 g/mol. The second-order valence-electron chi connectivity index (χ2n) is 4.27. The van der Waals surface area contributed by atoms with Gasteiger partial charge in [-0.25, -0.2) is 0 Å². The second-order valence-corrected chi connectivity index (χ2v) is 4.27. The van der Waals surface area contributed by atoms with Crippen LogP contribution >= 0.6 is 0 Å². The molecule has 0 unspecified atom stereocenters. The van der Waals surface area contributed by atoms with Gasteiger partial charge in [-0.05, 0) is 19.3 Å². The number of carboxylic acid groups (broad SMARTS) is 2. The van der Waals surface area contributed by atoms with Gasteiger partial charge in [0.1, 0.15) is 0 Å². The Morgan fingerprint density at radius 2 is 1.65 bits per heavy atom. The van der Waals surface area contributed by atoms with Gasteiger partial charge in [-0.15, -0.1) is 0 Å². The highest BCUT2D eigenvalue weighted by Crippen LogP contribution is 2.32. The minimum absolute atomic E-state index is 0.0931. The number of aliphatic carboxylic acids is 2. The van der Waals surface area contributed by atoms with Gasteiger partial charge in [0.05, 0.1) is 13.0 Å². The van der Waals surface area contributed by atoms with Gasteiger partial charge in [0.25, 0.3) is 0 Å². The van der Waals surface area contributed by atoms with Crippen LogP contribution < -0.4 is 0 Å². The maximum absolute atomic E-state index is 11.3. The molecule has 0 spiro atoms. The Balaban J connectivity index is 5.11. The van der Waals surface area contributed by atoms with E-state index in [-0.39, 0.29) is 18.9 Å². The average Bonchev–Trinajstić information content (AvgIpc) is 2.15. The van der Waals surface area contributed by atoms with E-state index >= 15 is 0 Å². The summed E-state index contributed by atoms with van der Waals surface area (Å²) in [6.07, 6.45) is -0.764. The SMILES string of the molecule is CCOC(=O)CC(CC(C)C)(C(=O)O)C(=O)O. The van der Waals surface area contributed by atoms with Gasteiger partial charge in [-0.2, -0.15) is 0 Å². The number of hydrogen-bond donors (Lipinski definition) is 2. The molecule has 2 N–H and O–H groups in total. The predicted octanol–water partition coefficient (Wildman–Crippen LogP) is 1.14. The van der Waals surface area contributed by atoms with Crippen LogP contribution in [0.5, 0.6) is 0 Å². The Morgan fingerprint density at radius 1 is 1.18 bits per heavy atom. The van der Waals surface area contributed by atoms with Crippen molar-refractivity contribution in [1.29, 1.82) is 0 Å². The number of carbonyl (C=O) groups is 3. The second kappa shape index (κ2) is 6.22. The lowest BCUT2D eigenvalue weighted by molar-refractivity contribution is -0.172. The molecule has 0 saturated heterocycles. The third-order valence-corrected chi connectivity index (χ3v) is 2.33. The van der Waals surface area contributed by atoms with Crippen LogP contribution in [0.2, 0.25) is 0 Å². The molecule has 0 aliphatic heterocycles. The van der Waals surface area contributed by atoms with E-state index < -0.39 is 29.7 Å². The van der Waals surface area contributed by atoms with E-state index in [1.165, 1.54) is 0 Å². The number of carboxylic acids is 2. The zero-order valence-electron chi connectivity index (χ0n) is 10.2. The molecule has 6 nitrogen and oxygen atoms in total. The third kappa shape index (κ3) is 4.05. The van der Waals surface area contributed by atoms with Crippen LogP contribution in [0.4, 0.5) is 0 Å². The summed E-state index contributed by atoms with van der Waals surface area (Å²) in [5, 5.41) is 18.1. The molecular weight excluding hydrogens is 228 g/mol. The van der Waals surface area contributed by atoms with Crippen molar-refractivity contribution in [2.75, 3.05) is 6.61 Å². The van der Waals surface area contributed by atoms with Crippen LogP contribution in [0.15, 0.2) is 0 Å². The standard InChI is InChI=1S/C11H18O6/c1-4-17-8(12)6-11(9(13)14,10(15)16)5-7(2)3/h7H,4-6H2,1-3H3,(H,13,14)(H,15,16). The minimum atomic E-state index is -2.10. The molecule has 0 radical (unpaired) electrons. The first kappa shape index (κ1) is 15.4. The molecule has 0 aromatic carbocycles. The molecule has 0 bridgehead atoms. The fraction of sp³-hybridized carbons (Fsp3) is 0.727. The summed E-state index contributed by atoms with van der Waals surface area (Å²) in [4.78, 5) is 33.6. The van der Waals surface area contributed by atoms with E-state index in [0.29, 0.717) is 0 Å². The van der Waals surface area contributed by atoms with Crippen molar-refractivity contribution in [3.63, 3.8) is 0 Å². The molecule has 0 saturated carbocycles. The van der Waals surface area contributed by atoms with E-state index in [4.69, 9.17) is 10.2 Å². The molecule has 0 fully saturated rings. The lowest BCUT2D eigenvalue weighted by atomic mass is 9.77. The quantitative estimate of drug-likeness (QED) is 0.516. The topological polar surface area (TPSA) is 101 Å². The summed E-state index contributed by atoms with van der Waals surface area (Å²) < 4.78 is 4.61. The zero-order valence-corrected chi connectivity index (χ0v) is 10.2. The van der Waals surface area contributed by atoms with Gasteiger partial charge in [0.15, 0.2) is 5.41 Å². The molecule has 0 aromatic rings. The van der Waals surface area contributed by atoms with Crippen molar-refractivity contribution in [2.45, 2.75) is 33.6 Å². The van der Waals surface area contributed by atoms with Crippen molar-refractivity contribution in [3.05, 3.63) is 0 Å². The summed E-state index contributed by atoms with van der Waals surface area (Å²) in [5.74, 6) is -3.98. The van der Waals surface area contributed by atoms with Gasteiger partial charge < -0.3 is 14.9 Å². The predicted molar refractivity (Wildman–Crippen MR) is 58.4 cm³/mol. The van der Waals surface area contributed by atoms with Gasteiger partial charge >= 0.3 is 17.9 Å². The molecule has 0 aromatic heterocycles. The number of carbonyl (C=O) groups excluding carboxylic acids is 1. The molecule has 98 valence electrons.